The fraction of sp³-hybridized carbons (Fsp3) is 0.154. The largest absolute Gasteiger partial charge is 0.398 e. The number of hydrogen-bond donors (Lipinski definition) is 2. The molecule has 2 aromatic rings. The zero-order valence-electron chi connectivity index (χ0n) is 10.9. The molecule has 1 heterocycles. The molecule has 1 aromatic heterocycles. The summed E-state index contributed by atoms with van der Waals surface area (Å²) in [6.45, 7) is 0.407. The Morgan fingerprint density at radius 2 is 2.15 bits per heavy atom. The molecule has 0 aliphatic rings. The molecule has 0 spiro atoms. The van der Waals surface area contributed by atoms with Gasteiger partial charge in [0.25, 0.3) is 10.0 Å². The molecule has 1 aromatic carbocycles. The van der Waals surface area contributed by atoms with E-state index < -0.39 is 10.0 Å². The summed E-state index contributed by atoms with van der Waals surface area (Å²) in [6, 6.07) is 8.39. The number of nitrogens with zero attached hydrogens (tertiary/aromatic N) is 1. The highest BCUT2D eigenvalue weighted by Gasteiger charge is 2.17. The van der Waals surface area contributed by atoms with Crippen molar-refractivity contribution in [3.63, 3.8) is 0 Å². The molecule has 0 unspecified atom stereocenters. The average Bonchev–Trinajstić information content (AvgIpc) is 2.39. The normalized spacial score (nSPS) is 11.2. The van der Waals surface area contributed by atoms with Crippen LogP contribution in [0.25, 0.3) is 0 Å². The highest BCUT2D eigenvalue weighted by atomic mass is 32.2. The molecule has 0 bridgehead atoms. The van der Waals surface area contributed by atoms with Gasteiger partial charge in [0, 0.05) is 25.2 Å². The van der Waals surface area contributed by atoms with Gasteiger partial charge in [-0.05, 0) is 23.8 Å². The third kappa shape index (κ3) is 3.25. The molecule has 0 aliphatic carbocycles. The van der Waals surface area contributed by atoms with Crippen molar-refractivity contribution in [1.82, 2.24) is 4.98 Å². The smallest absolute Gasteiger partial charge is 0.265 e. The van der Waals surface area contributed by atoms with Crippen LogP contribution in [0.3, 0.4) is 0 Å². The predicted octanol–water partition coefficient (Wildman–Crippen LogP) is 1.61. The number of ether oxygens (including phenoxy) is 1. The maximum Gasteiger partial charge on any atom is 0.265 e. The second-order valence-electron chi connectivity index (χ2n) is 4.15. The van der Waals surface area contributed by atoms with Gasteiger partial charge in [-0.15, -0.1) is 0 Å². The van der Waals surface area contributed by atoms with Crippen LogP contribution in [0.4, 0.5) is 11.4 Å². The Kier molecular flexibility index (Phi) is 4.21. The van der Waals surface area contributed by atoms with E-state index in [4.69, 9.17) is 10.5 Å². The van der Waals surface area contributed by atoms with E-state index >= 15 is 0 Å². The van der Waals surface area contributed by atoms with Crippen molar-refractivity contribution >= 4 is 21.4 Å². The van der Waals surface area contributed by atoms with Gasteiger partial charge in [0.05, 0.1) is 12.3 Å². The van der Waals surface area contributed by atoms with Crippen molar-refractivity contribution in [2.24, 2.45) is 0 Å². The summed E-state index contributed by atoms with van der Waals surface area (Å²) >= 11 is 0. The lowest BCUT2D eigenvalue weighted by molar-refractivity contribution is 0.185. The van der Waals surface area contributed by atoms with Crippen LogP contribution in [0.5, 0.6) is 0 Å². The molecule has 0 fully saturated rings. The van der Waals surface area contributed by atoms with Crippen molar-refractivity contribution in [1.29, 1.82) is 0 Å². The van der Waals surface area contributed by atoms with E-state index in [1.165, 1.54) is 18.5 Å². The summed E-state index contributed by atoms with van der Waals surface area (Å²) in [4.78, 5) is 3.74. The van der Waals surface area contributed by atoms with E-state index in [9.17, 15) is 8.42 Å². The number of pyridine rings is 1. The van der Waals surface area contributed by atoms with Gasteiger partial charge in [-0.25, -0.2) is 8.42 Å². The van der Waals surface area contributed by atoms with Crippen molar-refractivity contribution < 1.29 is 13.2 Å². The van der Waals surface area contributed by atoms with Crippen LogP contribution in [0.15, 0.2) is 47.6 Å². The summed E-state index contributed by atoms with van der Waals surface area (Å²) in [7, 11) is -2.18. The molecule has 3 N–H and O–H groups in total. The fourth-order valence-electron chi connectivity index (χ4n) is 1.72. The molecule has 0 amide bonds. The summed E-state index contributed by atoms with van der Waals surface area (Å²) < 4.78 is 31.9. The van der Waals surface area contributed by atoms with E-state index in [0.29, 0.717) is 12.3 Å². The summed E-state index contributed by atoms with van der Waals surface area (Å²) in [5.41, 5.74) is 7.13. The average molecular weight is 293 g/mol. The maximum atomic E-state index is 12.2. The predicted molar refractivity (Wildman–Crippen MR) is 76.6 cm³/mol. The molecule has 0 saturated carbocycles. The van der Waals surface area contributed by atoms with Gasteiger partial charge in [-0.3, -0.25) is 9.71 Å². The molecule has 7 heteroatoms. The van der Waals surface area contributed by atoms with Gasteiger partial charge in [-0.1, -0.05) is 12.1 Å². The molecular formula is C13H15N3O3S. The zero-order valence-corrected chi connectivity index (χ0v) is 11.7. The molecule has 106 valence electrons. The number of anilines is 2. The van der Waals surface area contributed by atoms with Gasteiger partial charge < -0.3 is 10.5 Å². The van der Waals surface area contributed by atoms with Crippen molar-refractivity contribution in [2.45, 2.75) is 11.5 Å². The molecule has 0 radical (unpaired) electrons. The van der Waals surface area contributed by atoms with Crippen LogP contribution in [0.2, 0.25) is 0 Å². The second kappa shape index (κ2) is 5.89. The van der Waals surface area contributed by atoms with Gasteiger partial charge in [0.2, 0.25) is 0 Å². The monoisotopic (exact) mass is 293 g/mol. The Hall–Kier alpha value is -2.12. The van der Waals surface area contributed by atoms with E-state index in [1.807, 2.05) is 6.07 Å². The highest BCUT2D eigenvalue weighted by Crippen LogP contribution is 2.20. The Morgan fingerprint density at radius 1 is 1.35 bits per heavy atom. The standard InChI is InChI=1S/C13H15N3O3S/c1-19-9-10-3-2-4-11(7-10)16-20(17,18)13-8-15-6-5-12(13)14/h2-8,16H,9H2,1H3,(H2,14,15). The minimum atomic E-state index is -3.75. The quantitative estimate of drug-likeness (QED) is 0.873. The SMILES string of the molecule is COCc1cccc(NS(=O)(=O)c2cnccc2N)c1. The number of aromatic nitrogens is 1. The van der Waals surface area contributed by atoms with Gasteiger partial charge in [0.1, 0.15) is 4.90 Å². The molecule has 0 atom stereocenters. The first-order chi connectivity index (χ1) is 9.53. The Bertz CT molecular complexity index is 702. The first-order valence-corrected chi connectivity index (χ1v) is 7.31. The number of methoxy groups -OCH3 is 1. The number of benzene rings is 1. The van der Waals surface area contributed by atoms with Crippen LogP contribution in [0.1, 0.15) is 5.56 Å². The first kappa shape index (κ1) is 14.3. The van der Waals surface area contributed by atoms with Crippen LogP contribution in [0, 0.1) is 0 Å². The Labute approximate surface area is 117 Å². The van der Waals surface area contributed by atoms with Crippen molar-refractivity contribution in [3.05, 3.63) is 48.3 Å². The molecule has 6 nitrogen and oxygen atoms in total. The lowest BCUT2D eigenvalue weighted by Gasteiger charge is -2.10. The Balaban J connectivity index is 2.29. The maximum absolute atomic E-state index is 12.2. The minimum absolute atomic E-state index is 0.0443. The summed E-state index contributed by atoms with van der Waals surface area (Å²) in [5, 5.41) is 0. The highest BCUT2D eigenvalue weighted by molar-refractivity contribution is 7.92. The van der Waals surface area contributed by atoms with Crippen LogP contribution >= 0.6 is 0 Å². The number of rotatable bonds is 5. The van der Waals surface area contributed by atoms with Gasteiger partial charge in [0.15, 0.2) is 0 Å². The lowest BCUT2D eigenvalue weighted by Crippen LogP contribution is -2.15. The number of sulfonamides is 1. The molecule has 2 rings (SSSR count). The lowest BCUT2D eigenvalue weighted by atomic mass is 10.2. The molecule has 20 heavy (non-hydrogen) atoms. The second-order valence-corrected chi connectivity index (χ2v) is 5.80. The van der Waals surface area contributed by atoms with Gasteiger partial charge >= 0.3 is 0 Å². The van der Waals surface area contributed by atoms with Gasteiger partial charge in [-0.2, -0.15) is 0 Å². The van der Waals surface area contributed by atoms with Crippen molar-refractivity contribution in [2.75, 3.05) is 17.6 Å². The van der Waals surface area contributed by atoms with Crippen LogP contribution < -0.4 is 10.5 Å². The number of nitrogen functional groups attached to an aromatic ring is 1. The number of nitrogens with two attached hydrogens (primary N) is 1. The minimum Gasteiger partial charge on any atom is -0.398 e. The van der Waals surface area contributed by atoms with Crippen molar-refractivity contribution in [3.8, 4) is 0 Å². The van der Waals surface area contributed by atoms with Crippen LogP contribution in [-0.2, 0) is 21.4 Å². The van der Waals surface area contributed by atoms with E-state index in [-0.39, 0.29) is 10.6 Å². The molecule has 0 saturated heterocycles. The fourth-order valence-corrected chi connectivity index (χ4v) is 2.84. The van der Waals surface area contributed by atoms with E-state index in [1.54, 1.807) is 25.3 Å². The Morgan fingerprint density at radius 3 is 2.85 bits per heavy atom. The summed E-state index contributed by atoms with van der Waals surface area (Å²) in [6.07, 6.45) is 2.66. The molecule has 0 aliphatic heterocycles. The third-order valence-corrected chi connectivity index (χ3v) is 4.02. The first-order valence-electron chi connectivity index (χ1n) is 5.83. The van der Waals surface area contributed by atoms with E-state index in [0.717, 1.165) is 5.56 Å². The number of hydrogen-bond acceptors (Lipinski definition) is 5. The topological polar surface area (TPSA) is 94.3 Å². The third-order valence-electron chi connectivity index (χ3n) is 2.60. The van der Waals surface area contributed by atoms with Crippen LogP contribution in [-0.4, -0.2) is 20.5 Å². The number of nitrogens with one attached hydrogen (secondary N) is 1. The molecular weight excluding hydrogens is 278 g/mol. The van der Waals surface area contributed by atoms with E-state index in [2.05, 4.69) is 9.71 Å². The summed E-state index contributed by atoms with van der Waals surface area (Å²) in [5.74, 6) is 0. The zero-order chi connectivity index (χ0) is 14.6.